The van der Waals surface area contributed by atoms with Gasteiger partial charge in [-0.15, -0.1) is 11.8 Å². The third-order valence-corrected chi connectivity index (χ3v) is 8.74. The average molecular weight is 449 g/mol. The predicted octanol–water partition coefficient (Wildman–Crippen LogP) is 0.982. The van der Waals surface area contributed by atoms with Gasteiger partial charge in [0.2, 0.25) is 15.9 Å². The highest BCUT2D eigenvalue weighted by Gasteiger charge is 2.36. The van der Waals surface area contributed by atoms with Crippen LogP contribution in [-0.4, -0.2) is 65.4 Å². The van der Waals surface area contributed by atoms with E-state index in [1.165, 1.54) is 32.3 Å². The van der Waals surface area contributed by atoms with E-state index in [2.05, 4.69) is 18.2 Å². The van der Waals surface area contributed by atoms with Crippen molar-refractivity contribution in [2.45, 2.75) is 28.4 Å². The minimum Gasteiger partial charge on any atom is -0.364 e. The van der Waals surface area contributed by atoms with Crippen LogP contribution < -0.4 is 5.73 Å². The maximum atomic E-state index is 13.0. The number of sulfonamides is 1. The van der Waals surface area contributed by atoms with Crippen molar-refractivity contribution in [2.75, 3.05) is 26.2 Å². The molecule has 2 aliphatic heterocycles. The second-order valence-corrected chi connectivity index (χ2v) is 10.9. The summed E-state index contributed by atoms with van der Waals surface area (Å²) in [6, 6.07) is 7.54. The third-order valence-electron chi connectivity index (χ3n) is 5.59. The Labute approximate surface area is 180 Å². The van der Waals surface area contributed by atoms with Crippen LogP contribution in [0.1, 0.15) is 21.6 Å². The van der Waals surface area contributed by atoms with E-state index in [4.69, 9.17) is 5.73 Å². The summed E-state index contributed by atoms with van der Waals surface area (Å²) in [7, 11) is -2.17. The molecule has 2 aromatic rings. The Morgan fingerprint density at radius 3 is 2.47 bits per heavy atom. The van der Waals surface area contributed by atoms with Gasteiger partial charge in [-0.1, -0.05) is 17.7 Å². The summed E-state index contributed by atoms with van der Waals surface area (Å²) >= 11 is 1.59. The van der Waals surface area contributed by atoms with Crippen LogP contribution in [0.2, 0.25) is 0 Å². The minimum atomic E-state index is -3.75. The first-order chi connectivity index (χ1) is 14.2. The van der Waals surface area contributed by atoms with Gasteiger partial charge in [-0.05, 0) is 31.0 Å². The van der Waals surface area contributed by atoms with Crippen LogP contribution in [0.15, 0.2) is 40.3 Å². The highest BCUT2D eigenvalue weighted by Crippen LogP contribution is 2.38. The van der Waals surface area contributed by atoms with Crippen molar-refractivity contribution in [2.24, 2.45) is 12.8 Å². The molecule has 0 spiro atoms. The molecule has 0 aliphatic carbocycles. The van der Waals surface area contributed by atoms with Crippen LogP contribution in [0.4, 0.5) is 0 Å². The highest BCUT2D eigenvalue weighted by atomic mass is 32.2. The zero-order valence-corrected chi connectivity index (χ0v) is 18.5. The standard InChI is InChI=1S/C20H24N4O4S2/c1-13-3-4-14-10-18(29-17(14)9-13)20(26)23-5-7-24(8-6-23)30(27,28)15-11-16(19(21)25)22(2)12-15/h3-4,9,11-12,18H,5-8,10H2,1-2H3,(H2,21,25). The number of thioether (sulfide) groups is 1. The van der Waals surface area contributed by atoms with E-state index in [0.717, 1.165) is 4.90 Å². The van der Waals surface area contributed by atoms with Gasteiger partial charge in [0, 0.05) is 44.3 Å². The van der Waals surface area contributed by atoms with E-state index in [0.29, 0.717) is 19.5 Å². The summed E-state index contributed by atoms with van der Waals surface area (Å²) in [5, 5.41) is -0.155. The fourth-order valence-corrected chi connectivity index (χ4v) is 6.76. The van der Waals surface area contributed by atoms with Crippen molar-refractivity contribution < 1.29 is 18.0 Å². The lowest BCUT2D eigenvalue weighted by molar-refractivity contribution is -0.131. The maximum absolute atomic E-state index is 13.0. The van der Waals surface area contributed by atoms with Gasteiger partial charge in [0.15, 0.2) is 0 Å². The molecular formula is C20H24N4O4S2. The summed E-state index contributed by atoms with van der Waals surface area (Å²) in [5.41, 5.74) is 7.79. The van der Waals surface area contributed by atoms with Gasteiger partial charge >= 0.3 is 0 Å². The van der Waals surface area contributed by atoms with Crippen molar-refractivity contribution in [1.82, 2.24) is 13.8 Å². The quantitative estimate of drug-likeness (QED) is 0.751. The summed E-state index contributed by atoms with van der Waals surface area (Å²) in [4.78, 5) is 27.4. The van der Waals surface area contributed by atoms with Gasteiger partial charge in [-0.3, -0.25) is 9.59 Å². The number of hydrogen-bond donors (Lipinski definition) is 1. The molecule has 2 aliphatic rings. The van der Waals surface area contributed by atoms with E-state index < -0.39 is 15.9 Å². The molecule has 2 N–H and O–H groups in total. The molecular weight excluding hydrogens is 424 g/mol. The molecule has 1 aromatic carbocycles. The van der Waals surface area contributed by atoms with E-state index >= 15 is 0 Å². The molecule has 160 valence electrons. The van der Waals surface area contributed by atoms with Crippen LogP contribution in [0.25, 0.3) is 0 Å². The van der Waals surface area contributed by atoms with Crippen LogP contribution in [0, 0.1) is 6.92 Å². The number of aryl methyl sites for hydroxylation is 2. The summed E-state index contributed by atoms with van der Waals surface area (Å²) in [6.45, 7) is 3.17. The van der Waals surface area contributed by atoms with Crippen LogP contribution >= 0.6 is 11.8 Å². The molecule has 4 rings (SSSR count). The van der Waals surface area contributed by atoms with Gasteiger partial charge in [0.05, 0.1) is 5.25 Å². The maximum Gasteiger partial charge on any atom is 0.265 e. The Hall–Kier alpha value is -2.30. The second kappa shape index (κ2) is 7.75. The molecule has 3 heterocycles. The average Bonchev–Trinajstić information content (AvgIpc) is 3.31. The summed E-state index contributed by atoms with van der Waals surface area (Å²) in [6.07, 6.45) is 2.10. The number of amides is 2. The summed E-state index contributed by atoms with van der Waals surface area (Å²) < 4.78 is 28.6. The van der Waals surface area contributed by atoms with Crippen molar-refractivity contribution in [1.29, 1.82) is 0 Å². The molecule has 0 bridgehead atoms. The number of fused-ring (bicyclic) bond motifs is 1. The summed E-state index contributed by atoms with van der Waals surface area (Å²) in [5.74, 6) is -0.624. The second-order valence-electron chi connectivity index (χ2n) is 7.69. The monoisotopic (exact) mass is 448 g/mol. The molecule has 1 fully saturated rings. The zero-order valence-electron chi connectivity index (χ0n) is 16.9. The highest BCUT2D eigenvalue weighted by molar-refractivity contribution is 8.01. The minimum absolute atomic E-state index is 0.0377. The lowest BCUT2D eigenvalue weighted by atomic mass is 10.1. The van der Waals surface area contributed by atoms with Gasteiger partial charge in [-0.25, -0.2) is 8.42 Å². The number of nitrogens with two attached hydrogens (primary N) is 1. The van der Waals surface area contributed by atoms with E-state index in [-0.39, 0.29) is 34.8 Å². The van der Waals surface area contributed by atoms with Gasteiger partial charge in [0.1, 0.15) is 10.6 Å². The molecule has 30 heavy (non-hydrogen) atoms. The lowest BCUT2D eigenvalue weighted by Gasteiger charge is -2.34. The normalized spacial score (nSPS) is 19.7. The number of primary amides is 1. The molecule has 1 unspecified atom stereocenters. The van der Waals surface area contributed by atoms with Crippen LogP contribution in [-0.2, 0) is 28.3 Å². The number of carbonyl (C=O) groups is 2. The molecule has 10 heteroatoms. The largest absolute Gasteiger partial charge is 0.364 e. The van der Waals surface area contributed by atoms with Crippen molar-refractivity contribution in [3.63, 3.8) is 0 Å². The Balaban J connectivity index is 1.41. The number of nitrogens with zero attached hydrogens (tertiary/aromatic N) is 3. The molecule has 0 radical (unpaired) electrons. The smallest absolute Gasteiger partial charge is 0.265 e. The topological polar surface area (TPSA) is 106 Å². The first-order valence-corrected chi connectivity index (χ1v) is 12.0. The molecule has 1 aromatic heterocycles. The van der Waals surface area contributed by atoms with Crippen LogP contribution in [0.3, 0.4) is 0 Å². The number of rotatable bonds is 4. The fourth-order valence-electron chi connectivity index (χ4n) is 3.89. The Morgan fingerprint density at radius 2 is 1.83 bits per heavy atom. The van der Waals surface area contributed by atoms with Gasteiger partial charge in [0.25, 0.3) is 5.91 Å². The number of piperazine rings is 1. The Morgan fingerprint density at radius 1 is 1.13 bits per heavy atom. The molecule has 1 saturated heterocycles. The third kappa shape index (κ3) is 3.75. The SMILES string of the molecule is Cc1ccc2c(c1)SC(C(=O)N1CCN(S(=O)(=O)c3cc(C(N)=O)n(C)c3)CC1)C2. The predicted molar refractivity (Wildman–Crippen MR) is 114 cm³/mol. The molecule has 1 atom stereocenters. The number of benzene rings is 1. The van der Waals surface area contributed by atoms with Crippen LogP contribution in [0.5, 0.6) is 0 Å². The first kappa shape index (κ1) is 21.0. The number of aromatic nitrogens is 1. The van der Waals surface area contributed by atoms with Gasteiger partial charge in [-0.2, -0.15) is 4.31 Å². The number of carbonyl (C=O) groups excluding carboxylic acids is 2. The molecule has 2 amide bonds. The lowest BCUT2D eigenvalue weighted by Crippen LogP contribution is -2.52. The van der Waals surface area contributed by atoms with Crippen molar-refractivity contribution >= 4 is 33.6 Å². The van der Waals surface area contributed by atoms with Crippen molar-refractivity contribution in [3.05, 3.63) is 47.3 Å². The van der Waals surface area contributed by atoms with E-state index in [1.807, 2.05) is 6.92 Å². The Kier molecular flexibility index (Phi) is 5.41. The van der Waals surface area contributed by atoms with Crippen molar-refractivity contribution in [3.8, 4) is 0 Å². The van der Waals surface area contributed by atoms with E-state index in [9.17, 15) is 18.0 Å². The first-order valence-electron chi connectivity index (χ1n) is 9.68. The number of hydrogen-bond acceptors (Lipinski definition) is 5. The Bertz CT molecular complexity index is 1120. The van der Waals surface area contributed by atoms with E-state index in [1.54, 1.807) is 23.7 Å². The zero-order chi connectivity index (χ0) is 21.6. The van der Waals surface area contributed by atoms with Gasteiger partial charge < -0.3 is 15.2 Å². The molecule has 0 saturated carbocycles. The molecule has 8 nitrogen and oxygen atoms in total. The fraction of sp³-hybridized carbons (Fsp3) is 0.400.